The van der Waals surface area contributed by atoms with Crippen LogP contribution in [0.2, 0.25) is 0 Å². The van der Waals surface area contributed by atoms with Gasteiger partial charge in [-0.05, 0) is 36.4 Å². The van der Waals surface area contributed by atoms with Crippen LogP contribution in [-0.4, -0.2) is 27.6 Å². The lowest BCUT2D eigenvalue weighted by molar-refractivity contribution is 0.0690. The maximum Gasteiger partial charge on any atom is 0.355 e. The minimum Gasteiger partial charge on any atom is -0.497 e. The second kappa shape index (κ2) is 4.70. The highest BCUT2D eigenvalue weighted by Crippen LogP contribution is 2.26. The lowest BCUT2D eigenvalue weighted by Gasteiger charge is -2.02. The molecule has 0 aliphatic heterocycles. The second-order valence-corrected chi connectivity index (χ2v) is 4.27. The van der Waals surface area contributed by atoms with E-state index < -0.39 is 5.97 Å². The molecule has 0 unspecified atom stereocenters. The average molecular weight is 268 g/mol. The van der Waals surface area contributed by atoms with E-state index in [4.69, 9.17) is 4.74 Å². The molecule has 0 atom stereocenters. The number of fused-ring (bicyclic) bond motifs is 1. The summed E-state index contributed by atoms with van der Waals surface area (Å²) in [7, 11) is 1.59. The summed E-state index contributed by atoms with van der Waals surface area (Å²) in [5, 5.41) is 9.43. The summed E-state index contributed by atoms with van der Waals surface area (Å²) in [6.07, 6.45) is 1.69. The van der Waals surface area contributed by atoms with Gasteiger partial charge in [0.2, 0.25) is 0 Å². The van der Waals surface area contributed by atoms with Gasteiger partial charge >= 0.3 is 5.97 Å². The number of hydrogen-bond donors (Lipinski definition) is 1. The van der Waals surface area contributed by atoms with Crippen LogP contribution in [0.15, 0.2) is 48.7 Å². The second-order valence-electron chi connectivity index (χ2n) is 4.27. The molecular formula is C15H12N2O3. The van der Waals surface area contributed by atoms with Gasteiger partial charge in [-0.3, -0.25) is 4.40 Å². The molecule has 2 aromatic heterocycles. The Hall–Kier alpha value is -2.82. The van der Waals surface area contributed by atoms with Crippen LogP contribution in [0.25, 0.3) is 16.9 Å². The van der Waals surface area contributed by atoms with E-state index in [1.54, 1.807) is 54.1 Å². The molecule has 1 N–H and O–H groups in total. The molecule has 0 saturated heterocycles. The Labute approximate surface area is 115 Å². The zero-order valence-corrected chi connectivity index (χ0v) is 10.8. The van der Waals surface area contributed by atoms with Gasteiger partial charge in [0, 0.05) is 11.8 Å². The Balaban J connectivity index is 2.23. The summed E-state index contributed by atoms with van der Waals surface area (Å²) >= 11 is 0. The highest BCUT2D eigenvalue weighted by Gasteiger charge is 2.19. The van der Waals surface area contributed by atoms with Crippen molar-refractivity contribution in [2.75, 3.05) is 7.11 Å². The normalized spacial score (nSPS) is 10.7. The van der Waals surface area contributed by atoms with E-state index in [9.17, 15) is 9.90 Å². The fourth-order valence-electron chi connectivity index (χ4n) is 2.15. The number of benzene rings is 1. The monoisotopic (exact) mass is 268 g/mol. The SMILES string of the molecule is COc1ccc(-c2nc3ccccn3c2C(=O)O)cc1. The van der Waals surface area contributed by atoms with E-state index in [-0.39, 0.29) is 5.69 Å². The maximum absolute atomic E-state index is 11.5. The van der Waals surface area contributed by atoms with E-state index in [2.05, 4.69) is 4.98 Å². The summed E-state index contributed by atoms with van der Waals surface area (Å²) in [5.41, 5.74) is 1.96. The molecule has 0 radical (unpaired) electrons. The van der Waals surface area contributed by atoms with Gasteiger partial charge in [-0.25, -0.2) is 9.78 Å². The summed E-state index contributed by atoms with van der Waals surface area (Å²) < 4.78 is 6.67. The summed E-state index contributed by atoms with van der Waals surface area (Å²) in [5.74, 6) is -0.288. The van der Waals surface area contributed by atoms with Crippen molar-refractivity contribution in [1.82, 2.24) is 9.38 Å². The quantitative estimate of drug-likeness (QED) is 0.793. The molecular weight excluding hydrogens is 256 g/mol. The van der Waals surface area contributed by atoms with Crippen LogP contribution in [0.1, 0.15) is 10.5 Å². The predicted molar refractivity (Wildman–Crippen MR) is 74.1 cm³/mol. The highest BCUT2D eigenvalue weighted by atomic mass is 16.5. The molecule has 0 amide bonds. The van der Waals surface area contributed by atoms with Gasteiger partial charge in [0.05, 0.1) is 7.11 Å². The Morgan fingerprint density at radius 2 is 1.95 bits per heavy atom. The van der Waals surface area contributed by atoms with Crippen LogP contribution in [-0.2, 0) is 0 Å². The molecule has 20 heavy (non-hydrogen) atoms. The van der Waals surface area contributed by atoms with E-state index in [1.165, 1.54) is 0 Å². The number of rotatable bonds is 3. The standard InChI is InChI=1S/C15H12N2O3/c1-20-11-7-5-10(6-8-11)13-14(15(18)19)17-9-3-2-4-12(17)16-13/h2-9H,1H3,(H,18,19). The van der Waals surface area contributed by atoms with Gasteiger partial charge in [-0.1, -0.05) is 6.07 Å². The Kier molecular flexibility index (Phi) is 2.87. The van der Waals surface area contributed by atoms with Gasteiger partial charge in [-0.15, -0.1) is 0 Å². The van der Waals surface area contributed by atoms with E-state index >= 15 is 0 Å². The van der Waals surface area contributed by atoms with Crippen LogP contribution in [0, 0.1) is 0 Å². The molecule has 0 aliphatic rings. The number of aromatic nitrogens is 2. The van der Waals surface area contributed by atoms with Crippen LogP contribution in [0.3, 0.4) is 0 Å². The lowest BCUT2D eigenvalue weighted by Crippen LogP contribution is -2.03. The van der Waals surface area contributed by atoms with Crippen LogP contribution >= 0.6 is 0 Å². The highest BCUT2D eigenvalue weighted by molar-refractivity contribution is 5.94. The van der Waals surface area contributed by atoms with Crippen molar-refractivity contribution < 1.29 is 14.6 Å². The number of nitrogens with zero attached hydrogens (tertiary/aromatic N) is 2. The topological polar surface area (TPSA) is 63.8 Å². The minimum atomic E-state index is -1.01. The smallest absolute Gasteiger partial charge is 0.355 e. The number of aromatic carboxylic acids is 1. The molecule has 3 aromatic rings. The molecule has 5 heteroatoms. The van der Waals surface area contributed by atoms with E-state index in [1.807, 2.05) is 6.07 Å². The van der Waals surface area contributed by atoms with Crippen molar-refractivity contribution >= 4 is 11.6 Å². The summed E-state index contributed by atoms with van der Waals surface area (Å²) in [6, 6.07) is 12.5. The largest absolute Gasteiger partial charge is 0.497 e. The van der Waals surface area contributed by atoms with Crippen molar-refractivity contribution in [3.05, 3.63) is 54.4 Å². The third kappa shape index (κ3) is 1.89. The number of methoxy groups -OCH3 is 1. The summed E-state index contributed by atoms with van der Waals surface area (Å²) in [4.78, 5) is 15.9. The van der Waals surface area contributed by atoms with Gasteiger partial charge in [0.15, 0.2) is 5.69 Å². The van der Waals surface area contributed by atoms with Gasteiger partial charge in [0.1, 0.15) is 17.1 Å². The molecule has 3 rings (SSSR count). The molecule has 2 heterocycles. The van der Waals surface area contributed by atoms with Crippen molar-refractivity contribution in [2.24, 2.45) is 0 Å². The predicted octanol–water partition coefficient (Wildman–Crippen LogP) is 2.71. The number of hydrogen-bond acceptors (Lipinski definition) is 3. The zero-order chi connectivity index (χ0) is 14.1. The number of carbonyl (C=O) groups is 1. The molecule has 5 nitrogen and oxygen atoms in total. The number of carboxylic acid groups (broad SMARTS) is 1. The minimum absolute atomic E-state index is 0.158. The third-order valence-electron chi connectivity index (χ3n) is 3.10. The zero-order valence-electron chi connectivity index (χ0n) is 10.8. The van der Waals surface area contributed by atoms with Crippen molar-refractivity contribution in [1.29, 1.82) is 0 Å². The van der Waals surface area contributed by atoms with Crippen molar-refractivity contribution in [2.45, 2.75) is 0 Å². The van der Waals surface area contributed by atoms with Crippen molar-refractivity contribution in [3.8, 4) is 17.0 Å². The number of ether oxygens (including phenoxy) is 1. The van der Waals surface area contributed by atoms with Crippen molar-refractivity contribution in [3.63, 3.8) is 0 Å². The van der Waals surface area contributed by atoms with E-state index in [0.717, 1.165) is 11.3 Å². The number of carboxylic acids is 1. The molecule has 100 valence electrons. The first kappa shape index (κ1) is 12.2. The molecule has 0 saturated carbocycles. The fourth-order valence-corrected chi connectivity index (χ4v) is 2.15. The van der Waals surface area contributed by atoms with Crippen LogP contribution in [0.4, 0.5) is 0 Å². The first-order valence-corrected chi connectivity index (χ1v) is 6.05. The molecule has 0 spiro atoms. The van der Waals surface area contributed by atoms with Gasteiger partial charge in [0.25, 0.3) is 0 Å². The average Bonchev–Trinajstić information content (AvgIpc) is 2.86. The summed E-state index contributed by atoms with van der Waals surface area (Å²) in [6.45, 7) is 0. The molecule has 0 aliphatic carbocycles. The number of pyridine rings is 1. The molecule has 0 bridgehead atoms. The Morgan fingerprint density at radius 3 is 2.60 bits per heavy atom. The first-order valence-electron chi connectivity index (χ1n) is 6.05. The molecule has 0 fully saturated rings. The van der Waals surface area contributed by atoms with E-state index in [0.29, 0.717) is 11.3 Å². The fraction of sp³-hybridized carbons (Fsp3) is 0.0667. The lowest BCUT2D eigenvalue weighted by atomic mass is 10.1. The Morgan fingerprint density at radius 1 is 1.20 bits per heavy atom. The first-order chi connectivity index (χ1) is 9.70. The van der Waals surface area contributed by atoms with Gasteiger partial charge in [-0.2, -0.15) is 0 Å². The number of imidazole rings is 1. The maximum atomic E-state index is 11.5. The molecule has 1 aromatic carbocycles. The van der Waals surface area contributed by atoms with Crippen LogP contribution < -0.4 is 4.74 Å². The van der Waals surface area contributed by atoms with Crippen LogP contribution in [0.5, 0.6) is 5.75 Å². The third-order valence-corrected chi connectivity index (χ3v) is 3.10. The van der Waals surface area contributed by atoms with Gasteiger partial charge < -0.3 is 9.84 Å². The Bertz CT molecular complexity index is 775.